The molecule has 3 amide bonds. The molecule has 162 valence electrons. The van der Waals surface area contributed by atoms with Crippen molar-refractivity contribution in [2.24, 2.45) is 5.73 Å². The number of urea groups is 1. The second-order valence-electron chi connectivity index (χ2n) is 7.02. The lowest BCUT2D eigenvalue weighted by atomic mass is 10.0. The van der Waals surface area contributed by atoms with Gasteiger partial charge in [-0.3, -0.25) is 4.79 Å². The van der Waals surface area contributed by atoms with Gasteiger partial charge in [0.05, 0.1) is 16.8 Å². The van der Waals surface area contributed by atoms with Gasteiger partial charge in [-0.25, -0.2) is 4.79 Å². The number of halogens is 3. The lowest BCUT2D eigenvalue weighted by Crippen LogP contribution is -2.19. The van der Waals surface area contributed by atoms with Gasteiger partial charge in [-0.15, -0.1) is 0 Å². The van der Waals surface area contributed by atoms with E-state index in [-0.39, 0.29) is 5.69 Å². The third-order valence-corrected chi connectivity index (χ3v) is 4.83. The molecule has 0 bridgehead atoms. The Kier molecular flexibility index (Phi) is 5.31. The average molecular weight is 438 g/mol. The zero-order valence-corrected chi connectivity index (χ0v) is 16.5. The Bertz CT molecular complexity index is 1310. The lowest BCUT2D eigenvalue weighted by Gasteiger charge is -2.11. The van der Waals surface area contributed by atoms with Crippen LogP contribution in [-0.4, -0.2) is 16.9 Å². The number of carbonyl (C=O) groups excluding carboxylic acids is 2. The summed E-state index contributed by atoms with van der Waals surface area (Å²) >= 11 is 0. The number of aromatic nitrogens is 1. The first kappa shape index (κ1) is 21.0. The maximum Gasteiger partial charge on any atom is 0.416 e. The number of carbonyl (C=O) groups is 2. The van der Waals surface area contributed by atoms with E-state index in [9.17, 15) is 22.8 Å². The molecule has 0 radical (unpaired) electrons. The monoisotopic (exact) mass is 438 g/mol. The Morgan fingerprint density at radius 3 is 2.22 bits per heavy atom. The van der Waals surface area contributed by atoms with Crippen LogP contribution in [0.3, 0.4) is 0 Å². The predicted octanol–water partition coefficient (Wildman–Crippen LogP) is 5.60. The van der Waals surface area contributed by atoms with Crippen molar-refractivity contribution in [3.63, 3.8) is 0 Å². The highest BCUT2D eigenvalue weighted by molar-refractivity contribution is 6.11. The first-order valence-electron chi connectivity index (χ1n) is 9.48. The standard InChI is InChI=1S/C23H17F3N4O2/c24-23(25,26)14-4-3-5-16(12-14)29-22(32)28-15-10-8-13(9-11-15)20-19(21(27)31)17-6-1-2-7-18(17)30-20/h1-12,30H,(H2,27,31)(H2,28,29,32). The number of alkyl halides is 3. The van der Waals surface area contributed by atoms with Crippen molar-refractivity contribution in [2.45, 2.75) is 6.18 Å². The van der Waals surface area contributed by atoms with Gasteiger partial charge in [-0.1, -0.05) is 36.4 Å². The average Bonchev–Trinajstić information content (AvgIpc) is 3.13. The van der Waals surface area contributed by atoms with Gasteiger partial charge in [0.2, 0.25) is 0 Å². The summed E-state index contributed by atoms with van der Waals surface area (Å²) in [5, 5.41) is 5.64. The molecule has 0 unspecified atom stereocenters. The van der Waals surface area contributed by atoms with E-state index in [1.807, 2.05) is 18.2 Å². The Morgan fingerprint density at radius 2 is 1.53 bits per heavy atom. The smallest absolute Gasteiger partial charge is 0.366 e. The van der Waals surface area contributed by atoms with Crippen molar-refractivity contribution in [2.75, 3.05) is 10.6 Å². The number of nitrogens with two attached hydrogens (primary N) is 1. The molecule has 0 fully saturated rings. The number of hydrogen-bond acceptors (Lipinski definition) is 2. The molecule has 0 spiro atoms. The molecule has 0 saturated heterocycles. The van der Waals surface area contributed by atoms with Gasteiger partial charge in [0.25, 0.3) is 5.91 Å². The Labute approximate surface area is 180 Å². The quantitative estimate of drug-likeness (QED) is 0.334. The lowest BCUT2D eigenvalue weighted by molar-refractivity contribution is -0.137. The molecule has 0 aliphatic heterocycles. The molecule has 4 aromatic rings. The maximum absolute atomic E-state index is 12.8. The van der Waals surface area contributed by atoms with Crippen LogP contribution in [0.25, 0.3) is 22.2 Å². The van der Waals surface area contributed by atoms with Crippen LogP contribution in [0.5, 0.6) is 0 Å². The van der Waals surface area contributed by atoms with Crippen molar-refractivity contribution in [1.82, 2.24) is 4.98 Å². The van der Waals surface area contributed by atoms with Crippen LogP contribution >= 0.6 is 0 Å². The van der Waals surface area contributed by atoms with Gasteiger partial charge in [0.15, 0.2) is 0 Å². The number of benzene rings is 3. The van der Waals surface area contributed by atoms with Crippen molar-refractivity contribution in [1.29, 1.82) is 0 Å². The fourth-order valence-electron chi connectivity index (χ4n) is 3.40. The number of nitrogens with one attached hydrogen (secondary N) is 3. The highest BCUT2D eigenvalue weighted by Crippen LogP contribution is 2.32. The summed E-state index contributed by atoms with van der Waals surface area (Å²) in [7, 11) is 0. The van der Waals surface area contributed by atoms with Crippen molar-refractivity contribution >= 4 is 34.2 Å². The summed E-state index contributed by atoms with van der Waals surface area (Å²) in [5.41, 5.74) is 7.50. The third kappa shape index (κ3) is 4.27. The SMILES string of the molecule is NC(=O)c1c(-c2ccc(NC(=O)Nc3cccc(C(F)(F)F)c3)cc2)[nH]c2ccccc12. The first-order chi connectivity index (χ1) is 15.2. The number of anilines is 2. The van der Waals surface area contributed by atoms with Crippen LogP contribution in [0.4, 0.5) is 29.3 Å². The normalized spacial score (nSPS) is 11.3. The van der Waals surface area contributed by atoms with Gasteiger partial charge < -0.3 is 21.4 Å². The Morgan fingerprint density at radius 1 is 0.844 bits per heavy atom. The highest BCUT2D eigenvalue weighted by Gasteiger charge is 2.30. The van der Waals surface area contributed by atoms with Gasteiger partial charge in [0.1, 0.15) is 0 Å². The summed E-state index contributed by atoms with van der Waals surface area (Å²) in [4.78, 5) is 27.4. The molecule has 4 rings (SSSR count). The van der Waals surface area contributed by atoms with Crippen molar-refractivity contribution < 1.29 is 22.8 Å². The molecule has 0 saturated carbocycles. The minimum Gasteiger partial charge on any atom is -0.366 e. The van der Waals surface area contributed by atoms with E-state index < -0.39 is 23.7 Å². The molecule has 1 heterocycles. The van der Waals surface area contributed by atoms with Crippen molar-refractivity contribution in [3.05, 3.63) is 83.9 Å². The maximum atomic E-state index is 12.8. The second kappa shape index (κ2) is 8.10. The Balaban J connectivity index is 1.52. The summed E-state index contributed by atoms with van der Waals surface area (Å²) in [5.74, 6) is -0.569. The molecular weight excluding hydrogens is 421 g/mol. The zero-order valence-electron chi connectivity index (χ0n) is 16.5. The third-order valence-electron chi connectivity index (χ3n) is 4.83. The van der Waals surface area contributed by atoms with Crippen LogP contribution in [0, 0.1) is 0 Å². The summed E-state index contributed by atoms with van der Waals surface area (Å²) < 4.78 is 38.4. The van der Waals surface area contributed by atoms with E-state index in [2.05, 4.69) is 15.6 Å². The number of H-pyrrole nitrogens is 1. The van der Waals surface area contributed by atoms with E-state index in [4.69, 9.17) is 5.73 Å². The second-order valence-corrected chi connectivity index (χ2v) is 7.02. The fraction of sp³-hybridized carbons (Fsp3) is 0.0435. The summed E-state index contributed by atoms with van der Waals surface area (Å²) in [6.07, 6.45) is -4.50. The van der Waals surface area contributed by atoms with E-state index in [1.165, 1.54) is 12.1 Å². The number of para-hydroxylation sites is 1. The molecule has 5 N–H and O–H groups in total. The minimum absolute atomic E-state index is 0.0121. The molecule has 32 heavy (non-hydrogen) atoms. The minimum atomic E-state index is -4.50. The first-order valence-corrected chi connectivity index (χ1v) is 9.48. The van der Waals surface area contributed by atoms with Gasteiger partial charge in [-0.05, 0) is 42.0 Å². The number of fused-ring (bicyclic) bond motifs is 1. The molecule has 3 aromatic carbocycles. The summed E-state index contributed by atoms with van der Waals surface area (Å²) in [6, 6.07) is 17.5. The number of rotatable bonds is 4. The predicted molar refractivity (Wildman–Crippen MR) is 116 cm³/mol. The molecule has 0 atom stereocenters. The van der Waals surface area contributed by atoms with Crippen LogP contribution in [0.2, 0.25) is 0 Å². The molecule has 9 heteroatoms. The largest absolute Gasteiger partial charge is 0.416 e. The van der Waals surface area contributed by atoms with Crippen LogP contribution in [0.1, 0.15) is 15.9 Å². The number of aromatic amines is 1. The highest BCUT2D eigenvalue weighted by atomic mass is 19.4. The summed E-state index contributed by atoms with van der Waals surface area (Å²) in [6.45, 7) is 0. The van der Waals surface area contributed by atoms with E-state index in [1.54, 1.807) is 30.3 Å². The van der Waals surface area contributed by atoms with Crippen LogP contribution < -0.4 is 16.4 Å². The van der Waals surface area contributed by atoms with E-state index >= 15 is 0 Å². The van der Waals surface area contributed by atoms with Gasteiger partial charge >= 0.3 is 12.2 Å². The van der Waals surface area contributed by atoms with E-state index in [0.29, 0.717) is 27.9 Å². The molecule has 0 aliphatic rings. The molecular formula is C23H17F3N4O2. The number of primary amides is 1. The van der Waals surface area contributed by atoms with Gasteiger partial charge in [0, 0.05) is 22.3 Å². The Hall–Kier alpha value is -4.27. The molecule has 6 nitrogen and oxygen atoms in total. The molecule has 0 aliphatic carbocycles. The van der Waals surface area contributed by atoms with Crippen LogP contribution in [0.15, 0.2) is 72.8 Å². The topological polar surface area (TPSA) is 100 Å². The van der Waals surface area contributed by atoms with E-state index in [0.717, 1.165) is 17.6 Å². The number of amides is 3. The zero-order chi connectivity index (χ0) is 22.9. The molecule has 1 aromatic heterocycles. The van der Waals surface area contributed by atoms with Crippen molar-refractivity contribution in [3.8, 4) is 11.3 Å². The number of hydrogen-bond donors (Lipinski definition) is 4. The van der Waals surface area contributed by atoms with Gasteiger partial charge in [-0.2, -0.15) is 13.2 Å². The van der Waals surface area contributed by atoms with Crippen LogP contribution in [-0.2, 0) is 6.18 Å². The fourth-order valence-corrected chi connectivity index (χ4v) is 3.40.